The van der Waals surface area contributed by atoms with Gasteiger partial charge in [0.2, 0.25) is 0 Å². The van der Waals surface area contributed by atoms with Crippen LogP contribution in [0, 0.1) is 5.82 Å². The van der Waals surface area contributed by atoms with Crippen molar-refractivity contribution in [2.75, 3.05) is 16.3 Å². The molecule has 0 bridgehead atoms. The molecule has 6 nitrogen and oxygen atoms in total. The third-order valence-electron chi connectivity index (χ3n) is 5.19. The van der Waals surface area contributed by atoms with Crippen molar-refractivity contribution in [3.05, 3.63) is 83.7 Å². The van der Waals surface area contributed by atoms with Crippen LogP contribution in [0.4, 0.5) is 20.6 Å². The van der Waals surface area contributed by atoms with Crippen LogP contribution in [0.2, 0.25) is 0 Å². The summed E-state index contributed by atoms with van der Waals surface area (Å²) in [5, 5.41) is 0. The quantitative estimate of drug-likeness (QED) is 0.575. The highest BCUT2D eigenvalue weighted by Gasteiger charge is 2.42. The Morgan fingerprint density at radius 3 is 2.45 bits per heavy atom. The molecule has 1 aliphatic heterocycles. The number of fused-ring (bicyclic) bond motifs is 1. The zero-order valence-electron chi connectivity index (χ0n) is 17.1. The molecule has 8 heteroatoms. The van der Waals surface area contributed by atoms with Crippen molar-refractivity contribution in [1.29, 1.82) is 0 Å². The van der Waals surface area contributed by atoms with Crippen LogP contribution in [0.3, 0.4) is 0 Å². The molecule has 1 heterocycles. The lowest BCUT2D eigenvalue weighted by Crippen LogP contribution is -2.50. The van der Waals surface area contributed by atoms with Gasteiger partial charge in [0.25, 0.3) is 10.0 Å². The number of rotatable bonds is 5. The highest BCUT2D eigenvalue weighted by Crippen LogP contribution is 2.38. The van der Waals surface area contributed by atoms with Crippen molar-refractivity contribution in [2.24, 2.45) is 0 Å². The lowest BCUT2D eigenvalue weighted by Gasteiger charge is -2.36. The normalized spacial score (nSPS) is 15.0. The van der Waals surface area contributed by atoms with E-state index in [0.717, 1.165) is 9.87 Å². The van der Waals surface area contributed by atoms with E-state index in [9.17, 15) is 17.6 Å². The highest BCUT2D eigenvalue weighted by atomic mass is 32.2. The minimum Gasteiger partial charge on any atom is -0.494 e. The van der Waals surface area contributed by atoms with Gasteiger partial charge in [0, 0.05) is 0 Å². The molecule has 0 spiro atoms. The van der Waals surface area contributed by atoms with Gasteiger partial charge >= 0.3 is 6.03 Å². The molecule has 0 radical (unpaired) electrons. The number of nitrogens with zero attached hydrogens (tertiary/aromatic N) is 2. The number of urea groups is 1. The van der Waals surface area contributed by atoms with Gasteiger partial charge in [0.05, 0.1) is 25.0 Å². The van der Waals surface area contributed by atoms with E-state index in [0.29, 0.717) is 12.0 Å². The Labute approximate surface area is 180 Å². The van der Waals surface area contributed by atoms with Crippen LogP contribution in [0.5, 0.6) is 5.75 Å². The Bertz CT molecular complexity index is 1260. The predicted octanol–water partition coefficient (Wildman–Crippen LogP) is 4.73. The number of methoxy groups -OCH3 is 1. The number of ether oxygens (including phenoxy) is 1. The Balaban J connectivity index is 1.83. The molecule has 3 aromatic carbocycles. The molecule has 1 aliphatic rings. The number of amides is 2. The van der Waals surface area contributed by atoms with Crippen LogP contribution >= 0.6 is 0 Å². The molecule has 3 aromatic rings. The maximum absolute atomic E-state index is 14.2. The summed E-state index contributed by atoms with van der Waals surface area (Å²) >= 11 is 0. The van der Waals surface area contributed by atoms with Gasteiger partial charge in [0.1, 0.15) is 4.90 Å². The molecule has 4 rings (SSSR count). The molecule has 0 unspecified atom stereocenters. The van der Waals surface area contributed by atoms with Crippen LogP contribution < -0.4 is 13.9 Å². The molecule has 0 atom stereocenters. The minimum absolute atomic E-state index is 0.00372. The van der Waals surface area contributed by atoms with Gasteiger partial charge in [-0.15, -0.1) is 0 Å². The summed E-state index contributed by atoms with van der Waals surface area (Å²) in [5.74, 6) is -0.465. The van der Waals surface area contributed by atoms with E-state index >= 15 is 0 Å². The molecular formula is C23H21FN2O4S. The zero-order valence-corrected chi connectivity index (χ0v) is 17.9. The summed E-state index contributed by atoms with van der Waals surface area (Å²) < 4.78 is 46.7. The van der Waals surface area contributed by atoms with Gasteiger partial charge in [-0.1, -0.05) is 37.3 Å². The maximum Gasteiger partial charge on any atom is 0.343 e. The summed E-state index contributed by atoms with van der Waals surface area (Å²) in [6, 6.07) is 16.9. The highest BCUT2D eigenvalue weighted by molar-refractivity contribution is 7.94. The summed E-state index contributed by atoms with van der Waals surface area (Å²) in [6.07, 6.45) is 0.696. The number of sulfonamides is 1. The largest absolute Gasteiger partial charge is 0.494 e. The predicted molar refractivity (Wildman–Crippen MR) is 116 cm³/mol. The van der Waals surface area contributed by atoms with E-state index in [1.165, 1.54) is 30.2 Å². The zero-order chi connectivity index (χ0) is 22.2. The van der Waals surface area contributed by atoms with Gasteiger partial charge in [-0.2, -0.15) is 4.31 Å². The van der Waals surface area contributed by atoms with Gasteiger partial charge in [-0.25, -0.2) is 17.6 Å². The number of halogens is 1. The number of carbonyl (C=O) groups is 1. The van der Waals surface area contributed by atoms with E-state index in [1.807, 2.05) is 13.0 Å². The summed E-state index contributed by atoms with van der Waals surface area (Å²) in [6.45, 7) is 1.95. The van der Waals surface area contributed by atoms with E-state index in [4.69, 9.17) is 4.74 Å². The first-order valence-corrected chi connectivity index (χ1v) is 11.2. The standard InChI is InChI=1S/C23H21FN2O4S/c1-3-16-7-6-8-18(13-16)26-23(27)25(15-17-11-12-21(30-2)19(24)14-17)20-9-4-5-10-22(20)31(26,28)29/h4-14H,3,15H2,1-2H3. The number of hydrogen-bond acceptors (Lipinski definition) is 4. The second kappa shape index (κ2) is 8.03. The average Bonchev–Trinajstić information content (AvgIpc) is 2.77. The first-order valence-electron chi connectivity index (χ1n) is 9.74. The number of aryl methyl sites for hydroxylation is 1. The monoisotopic (exact) mass is 440 g/mol. The Morgan fingerprint density at radius 2 is 1.74 bits per heavy atom. The molecule has 0 saturated heterocycles. The molecular weight excluding hydrogens is 419 g/mol. The van der Waals surface area contributed by atoms with E-state index in [2.05, 4.69) is 0 Å². The van der Waals surface area contributed by atoms with E-state index < -0.39 is 21.9 Å². The smallest absolute Gasteiger partial charge is 0.343 e. The van der Waals surface area contributed by atoms with Crippen molar-refractivity contribution in [1.82, 2.24) is 0 Å². The second-order valence-electron chi connectivity index (χ2n) is 7.10. The molecule has 0 aromatic heterocycles. The lowest BCUT2D eigenvalue weighted by atomic mass is 10.1. The van der Waals surface area contributed by atoms with Crippen LogP contribution in [-0.4, -0.2) is 21.6 Å². The average molecular weight is 440 g/mol. The van der Waals surface area contributed by atoms with Crippen molar-refractivity contribution in [3.63, 3.8) is 0 Å². The van der Waals surface area contributed by atoms with Gasteiger partial charge < -0.3 is 4.74 Å². The van der Waals surface area contributed by atoms with Crippen LogP contribution in [0.1, 0.15) is 18.1 Å². The van der Waals surface area contributed by atoms with Crippen molar-refractivity contribution in [2.45, 2.75) is 24.8 Å². The number of benzene rings is 3. The Morgan fingerprint density at radius 1 is 0.968 bits per heavy atom. The van der Waals surface area contributed by atoms with Crippen LogP contribution in [0.25, 0.3) is 0 Å². The van der Waals surface area contributed by atoms with Crippen LogP contribution in [0.15, 0.2) is 71.6 Å². The number of carbonyl (C=O) groups excluding carboxylic acids is 1. The van der Waals surface area contributed by atoms with Crippen molar-refractivity contribution in [3.8, 4) is 5.75 Å². The topological polar surface area (TPSA) is 66.9 Å². The number of anilines is 2. The molecule has 160 valence electrons. The molecule has 0 N–H and O–H groups in total. The van der Waals surface area contributed by atoms with Gasteiger partial charge in [-0.05, 0) is 53.9 Å². The van der Waals surface area contributed by atoms with Gasteiger partial charge in [-0.3, -0.25) is 4.90 Å². The summed E-state index contributed by atoms with van der Waals surface area (Å²) in [5.41, 5.74) is 1.93. The van der Waals surface area contributed by atoms with E-state index in [1.54, 1.807) is 42.5 Å². The fraction of sp³-hybridized carbons (Fsp3) is 0.174. The molecule has 0 aliphatic carbocycles. The Kier molecular flexibility index (Phi) is 5.41. The third kappa shape index (κ3) is 3.63. The van der Waals surface area contributed by atoms with Crippen LogP contribution in [-0.2, 0) is 23.0 Å². The van der Waals surface area contributed by atoms with Gasteiger partial charge in [0.15, 0.2) is 11.6 Å². The molecule has 2 amide bonds. The first kappa shape index (κ1) is 20.9. The summed E-state index contributed by atoms with van der Waals surface area (Å²) in [4.78, 5) is 14.8. The third-order valence-corrected chi connectivity index (χ3v) is 6.94. The molecule has 0 saturated carbocycles. The van der Waals surface area contributed by atoms with Crippen molar-refractivity contribution >= 4 is 27.4 Å². The SMILES string of the molecule is CCc1cccc(N2C(=O)N(Cc3ccc(OC)c(F)c3)c3ccccc3S2(=O)=O)c1. The number of para-hydroxylation sites is 1. The minimum atomic E-state index is -4.11. The fourth-order valence-electron chi connectivity index (χ4n) is 3.61. The maximum atomic E-state index is 14.2. The lowest BCUT2D eigenvalue weighted by molar-refractivity contribution is 0.253. The fourth-order valence-corrected chi connectivity index (χ4v) is 5.19. The van der Waals surface area contributed by atoms with E-state index in [-0.39, 0.29) is 28.6 Å². The number of hydrogen-bond donors (Lipinski definition) is 0. The Hall–Kier alpha value is -3.39. The molecule has 0 fully saturated rings. The van der Waals surface area contributed by atoms with Crippen molar-refractivity contribution < 1.29 is 22.3 Å². The summed E-state index contributed by atoms with van der Waals surface area (Å²) in [7, 11) is -2.74. The first-order chi connectivity index (χ1) is 14.9. The molecule has 31 heavy (non-hydrogen) atoms. The second-order valence-corrected chi connectivity index (χ2v) is 8.85.